The minimum Gasteiger partial charge on any atom is -0.486 e. The molecule has 4 rings (SSSR count). The Morgan fingerprint density at radius 3 is 2.61 bits per heavy atom. The summed E-state index contributed by atoms with van der Waals surface area (Å²) in [5, 5.41) is 2.66. The van der Waals surface area contributed by atoms with Gasteiger partial charge in [0.25, 0.3) is 15.9 Å². The van der Waals surface area contributed by atoms with Gasteiger partial charge in [0.05, 0.1) is 22.3 Å². The van der Waals surface area contributed by atoms with Gasteiger partial charge in [0, 0.05) is 19.2 Å². The van der Waals surface area contributed by atoms with Crippen LogP contribution in [0.1, 0.15) is 23.2 Å². The van der Waals surface area contributed by atoms with E-state index in [2.05, 4.69) is 10.0 Å². The Balaban J connectivity index is 1.40. The number of rotatable bonds is 8. The van der Waals surface area contributed by atoms with Crippen molar-refractivity contribution in [2.24, 2.45) is 0 Å². The quantitative estimate of drug-likeness (QED) is 0.551. The number of amides is 1. The monoisotopic (exact) mass is 476 g/mol. The number of nitrogens with one attached hydrogen (secondary N) is 2. The van der Waals surface area contributed by atoms with Gasteiger partial charge in [0.1, 0.15) is 13.2 Å². The molecule has 0 spiro atoms. The standard InChI is InChI=1S/C22H24N2O8S/c25-21(23-13-15-4-3-9-29-15)14-32-22(26)17-5-1-2-6-18(17)24-33(27,28)16-7-8-19-20(12-16)31-11-10-30-19/h1-2,5-8,12,15,24H,3-4,9-11,13-14H2,(H,23,25). The number of sulfonamides is 1. The minimum atomic E-state index is -4.04. The molecule has 33 heavy (non-hydrogen) atoms. The van der Waals surface area contributed by atoms with Gasteiger partial charge in [0.15, 0.2) is 18.1 Å². The number of hydrogen-bond acceptors (Lipinski definition) is 8. The van der Waals surface area contributed by atoms with Crippen LogP contribution in [-0.4, -0.2) is 59.4 Å². The summed E-state index contributed by atoms with van der Waals surface area (Å²) in [6.45, 7) is 1.24. The van der Waals surface area contributed by atoms with Crippen LogP contribution >= 0.6 is 0 Å². The topological polar surface area (TPSA) is 129 Å². The second kappa shape index (κ2) is 10.1. The Morgan fingerprint density at radius 1 is 1.03 bits per heavy atom. The molecule has 2 aromatic carbocycles. The molecule has 0 aliphatic carbocycles. The number of para-hydroxylation sites is 1. The maximum atomic E-state index is 12.9. The van der Waals surface area contributed by atoms with Crippen molar-refractivity contribution in [3.05, 3.63) is 48.0 Å². The lowest BCUT2D eigenvalue weighted by molar-refractivity contribution is -0.124. The summed E-state index contributed by atoms with van der Waals surface area (Å²) in [7, 11) is -4.04. The molecule has 0 bridgehead atoms. The first-order chi connectivity index (χ1) is 15.9. The van der Waals surface area contributed by atoms with Crippen LogP contribution in [0.15, 0.2) is 47.4 Å². The molecule has 1 amide bonds. The zero-order valence-corrected chi connectivity index (χ0v) is 18.6. The number of anilines is 1. The van der Waals surface area contributed by atoms with Crippen molar-refractivity contribution >= 4 is 27.6 Å². The number of carbonyl (C=O) groups is 2. The number of fused-ring (bicyclic) bond motifs is 1. The predicted molar refractivity (Wildman–Crippen MR) is 117 cm³/mol. The average Bonchev–Trinajstić information content (AvgIpc) is 3.35. The molecule has 2 N–H and O–H groups in total. The lowest BCUT2D eigenvalue weighted by Crippen LogP contribution is -2.34. The smallest absolute Gasteiger partial charge is 0.340 e. The Labute approximate surface area is 191 Å². The zero-order valence-electron chi connectivity index (χ0n) is 17.7. The van der Waals surface area contributed by atoms with Crippen LogP contribution in [0.4, 0.5) is 5.69 Å². The van der Waals surface area contributed by atoms with Crippen LogP contribution in [0.5, 0.6) is 11.5 Å². The lowest BCUT2D eigenvalue weighted by atomic mass is 10.2. The number of carbonyl (C=O) groups excluding carboxylic acids is 2. The third-order valence-electron chi connectivity index (χ3n) is 5.10. The van der Waals surface area contributed by atoms with Crippen LogP contribution in [-0.2, 0) is 24.3 Å². The van der Waals surface area contributed by atoms with E-state index in [0.717, 1.165) is 12.8 Å². The van der Waals surface area contributed by atoms with Gasteiger partial charge in [0.2, 0.25) is 0 Å². The molecular weight excluding hydrogens is 452 g/mol. The Hall–Kier alpha value is -3.31. The van der Waals surface area contributed by atoms with Crippen molar-refractivity contribution in [2.75, 3.05) is 37.7 Å². The van der Waals surface area contributed by atoms with Crippen molar-refractivity contribution in [2.45, 2.75) is 23.8 Å². The first-order valence-electron chi connectivity index (χ1n) is 10.5. The maximum absolute atomic E-state index is 12.9. The van der Waals surface area contributed by atoms with Crippen molar-refractivity contribution in [3.63, 3.8) is 0 Å². The predicted octanol–water partition coefficient (Wildman–Crippen LogP) is 1.71. The highest BCUT2D eigenvalue weighted by Gasteiger charge is 2.23. The molecule has 2 aliphatic rings. The summed E-state index contributed by atoms with van der Waals surface area (Å²) in [6.07, 6.45) is 1.80. The number of hydrogen-bond donors (Lipinski definition) is 2. The van der Waals surface area contributed by atoms with Gasteiger partial charge in [-0.3, -0.25) is 9.52 Å². The largest absolute Gasteiger partial charge is 0.486 e. The van der Waals surface area contributed by atoms with Crippen LogP contribution in [0.3, 0.4) is 0 Å². The molecule has 1 saturated heterocycles. The van der Waals surface area contributed by atoms with Crippen molar-refractivity contribution in [1.29, 1.82) is 0 Å². The molecule has 1 unspecified atom stereocenters. The van der Waals surface area contributed by atoms with Crippen molar-refractivity contribution in [1.82, 2.24) is 5.32 Å². The number of ether oxygens (including phenoxy) is 4. The normalized spacial score (nSPS) is 17.3. The van der Waals surface area contributed by atoms with E-state index in [1.165, 1.54) is 30.3 Å². The summed E-state index contributed by atoms with van der Waals surface area (Å²) in [5.74, 6) is -0.510. The van der Waals surface area contributed by atoms with E-state index in [9.17, 15) is 18.0 Å². The minimum absolute atomic E-state index is 0.0226. The molecule has 2 heterocycles. The van der Waals surface area contributed by atoms with Gasteiger partial charge < -0.3 is 24.3 Å². The Kier molecular flexibility index (Phi) is 6.99. The summed E-state index contributed by atoms with van der Waals surface area (Å²) >= 11 is 0. The number of benzene rings is 2. The fraction of sp³-hybridized carbons (Fsp3) is 0.364. The first-order valence-corrected chi connectivity index (χ1v) is 12.0. The van der Waals surface area contributed by atoms with E-state index < -0.39 is 28.5 Å². The molecule has 1 atom stereocenters. The molecule has 1 fully saturated rings. The molecule has 176 valence electrons. The van der Waals surface area contributed by atoms with E-state index in [4.69, 9.17) is 18.9 Å². The highest BCUT2D eigenvalue weighted by molar-refractivity contribution is 7.92. The number of esters is 1. The van der Waals surface area contributed by atoms with Gasteiger partial charge in [-0.15, -0.1) is 0 Å². The summed E-state index contributed by atoms with van der Waals surface area (Å²) in [5.41, 5.74) is 0.00250. The van der Waals surface area contributed by atoms with Crippen LogP contribution in [0.25, 0.3) is 0 Å². The van der Waals surface area contributed by atoms with Gasteiger partial charge in [-0.05, 0) is 37.1 Å². The van der Waals surface area contributed by atoms with Gasteiger partial charge >= 0.3 is 5.97 Å². The van der Waals surface area contributed by atoms with Gasteiger partial charge in [-0.25, -0.2) is 13.2 Å². The van der Waals surface area contributed by atoms with E-state index in [1.54, 1.807) is 12.1 Å². The highest BCUT2D eigenvalue weighted by atomic mass is 32.2. The zero-order chi connectivity index (χ0) is 23.3. The average molecular weight is 477 g/mol. The summed E-state index contributed by atoms with van der Waals surface area (Å²) in [6, 6.07) is 10.2. The second-order valence-corrected chi connectivity index (χ2v) is 9.15. The maximum Gasteiger partial charge on any atom is 0.340 e. The molecule has 0 radical (unpaired) electrons. The highest BCUT2D eigenvalue weighted by Crippen LogP contribution is 2.33. The summed E-state index contributed by atoms with van der Waals surface area (Å²) < 4.78 is 49.6. The molecule has 2 aliphatic heterocycles. The van der Waals surface area contributed by atoms with Crippen LogP contribution in [0, 0.1) is 0 Å². The summed E-state index contributed by atoms with van der Waals surface area (Å²) in [4.78, 5) is 24.5. The Bertz CT molecular complexity index is 1130. The van der Waals surface area contributed by atoms with Gasteiger partial charge in [-0.2, -0.15) is 0 Å². The molecule has 2 aromatic rings. The molecule has 0 aromatic heterocycles. The SMILES string of the molecule is O=C(COC(=O)c1ccccc1NS(=O)(=O)c1ccc2c(c1)OCCO2)NCC1CCCO1. The molecule has 11 heteroatoms. The fourth-order valence-corrected chi connectivity index (χ4v) is 4.53. The van der Waals surface area contributed by atoms with Crippen molar-refractivity contribution in [3.8, 4) is 11.5 Å². The van der Waals surface area contributed by atoms with E-state index in [1.807, 2.05) is 0 Å². The lowest BCUT2D eigenvalue weighted by Gasteiger charge is -2.19. The third-order valence-corrected chi connectivity index (χ3v) is 6.46. The van der Waals surface area contributed by atoms with E-state index in [-0.39, 0.29) is 22.3 Å². The fourth-order valence-electron chi connectivity index (χ4n) is 3.44. The van der Waals surface area contributed by atoms with Crippen molar-refractivity contribution < 1.29 is 37.0 Å². The third kappa shape index (κ3) is 5.74. The van der Waals surface area contributed by atoms with Crippen LogP contribution < -0.4 is 19.5 Å². The molecule has 10 nitrogen and oxygen atoms in total. The van der Waals surface area contributed by atoms with Crippen LogP contribution in [0.2, 0.25) is 0 Å². The molecule has 0 saturated carbocycles. The molecular formula is C22H24N2O8S. The Morgan fingerprint density at radius 2 is 1.82 bits per heavy atom. The van der Waals surface area contributed by atoms with Gasteiger partial charge in [-0.1, -0.05) is 12.1 Å². The first kappa shape index (κ1) is 22.9. The second-order valence-electron chi connectivity index (χ2n) is 7.47. The van der Waals surface area contributed by atoms with E-state index in [0.29, 0.717) is 37.9 Å². The van der Waals surface area contributed by atoms with E-state index >= 15 is 0 Å².